The second kappa shape index (κ2) is 6.61. The van der Waals surface area contributed by atoms with Crippen molar-refractivity contribution in [1.29, 1.82) is 0 Å². The van der Waals surface area contributed by atoms with Crippen molar-refractivity contribution < 1.29 is 23.9 Å². The highest BCUT2D eigenvalue weighted by molar-refractivity contribution is 6.66. The number of allylic oxidation sites excluding steroid dienone is 2. The van der Waals surface area contributed by atoms with Gasteiger partial charge in [-0.05, 0) is 12.1 Å². The predicted octanol–water partition coefficient (Wildman–Crippen LogP) is 3.20. The van der Waals surface area contributed by atoms with Crippen LogP contribution in [0.5, 0.6) is 0 Å². The standard InChI is InChI=1S/C14H8Cl6N2O5/c15-7-8(16)13(18)6(11(25)26)5(12(7,17)14(13,19)20)10(24)22-21-9(23)4-2-1-3-27-4/h1-3,5-6H,(H,21,23)(H,22,24)(H,25,26)/t5-,6-,12+,13+/m1/s1. The fourth-order valence-electron chi connectivity index (χ4n) is 3.29. The Labute approximate surface area is 181 Å². The molecule has 2 amide bonds. The molecule has 2 bridgehead atoms. The number of amides is 2. The van der Waals surface area contributed by atoms with E-state index in [1.165, 1.54) is 18.4 Å². The van der Waals surface area contributed by atoms with E-state index >= 15 is 0 Å². The van der Waals surface area contributed by atoms with Crippen molar-refractivity contribution in [3.63, 3.8) is 0 Å². The van der Waals surface area contributed by atoms with Crippen LogP contribution in [0.25, 0.3) is 0 Å². The summed E-state index contributed by atoms with van der Waals surface area (Å²) in [5, 5.41) is 8.93. The molecule has 0 spiro atoms. The summed E-state index contributed by atoms with van der Waals surface area (Å²) in [7, 11) is 0. The molecule has 2 aliphatic carbocycles. The van der Waals surface area contributed by atoms with E-state index in [2.05, 4.69) is 10.9 Å². The van der Waals surface area contributed by atoms with E-state index in [4.69, 9.17) is 74.0 Å². The predicted molar refractivity (Wildman–Crippen MR) is 99.3 cm³/mol. The molecule has 1 aromatic heterocycles. The highest BCUT2D eigenvalue weighted by Gasteiger charge is 2.85. The Balaban J connectivity index is 1.95. The number of halogens is 6. The van der Waals surface area contributed by atoms with Crippen LogP contribution in [0.15, 0.2) is 32.9 Å². The highest BCUT2D eigenvalue weighted by Crippen LogP contribution is 2.76. The molecule has 3 rings (SSSR count). The van der Waals surface area contributed by atoms with Crippen LogP contribution in [0.4, 0.5) is 0 Å². The number of alkyl halides is 4. The summed E-state index contributed by atoms with van der Waals surface area (Å²) in [6.07, 6.45) is 1.25. The average molecular weight is 497 g/mol. The maximum absolute atomic E-state index is 12.7. The molecule has 0 aromatic carbocycles. The van der Waals surface area contributed by atoms with E-state index in [9.17, 15) is 19.5 Å². The molecule has 1 fully saturated rings. The number of fused-ring (bicyclic) bond motifs is 2. The molecule has 2 aliphatic rings. The largest absolute Gasteiger partial charge is 0.481 e. The maximum atomic E-state index is 12.7. The number of carbonyl (C=O) groups is 3. The SMILES string of the molecule is O=C(NNC(=O)[C@H]1[C@H](C(=O)O)[C@]2(Cl)C(Cl)=C(Cl)[C@]1(Cl)C2(Cl)Cl)c1ccco1. The van der Waals surface area contributed by atoms with E-state index in [0.717, 1.165) is 0 Å². The molecule has 4 atom stereocenters. The Morgan fingerprint density at radius 2 is 1.56 bits per heavy atom. The number of hydrogen-bond acceptors (Lipinski definition) is 4. The van der Waals surface area contributed by atoms with Gasteiger partial charge < -0.3 is 9.52 Å². The molecular weight excluding hydrogens is 489 g/mol. The van der Waals surface area contributed by atoms with Crippen molar-refractivity contribution in [2.24, 2.45) is 11.8 Å². The topological polar surface area (TPSA) is 109 Å². The average Bonchev–Trinajstić information content (AvgIpc) is 3.20. The van der Waals surface area contributed by atoms with Crippen molar-refractivity contribution in [1.82, 2.24) is 10.9 Å². The van der Waals surface area contributed by atoms with Crippen molar-refractivity contribution in [3.8, 4) is 0 Å². The lowest BCUT2D eigenvalue weighted by atomic mass is 9.81. The molecule has 27 heavy (non-hydrogen) atoms. The number of hydrazine groups is 1. The Kier molecular flexibility index (Phi) is 5.11. The van der Waals surface area contributed by atoms with Gasteiger partial charge in [0.05, 0.1) is 28.2 Å². The van der Waals surface area contributed by atoms with Crippen LogP contribution in [0.1, 0.15) is 10.6 Å². The van der Waals surface area contributed by atoms with Gasteiger partial charge in [-0.1, -0.05) is 46.4 Å². The Morgan fingerprint density at radius 1 is 1.00 bits per heavy atom. The third-order valence-electron chi connectivity index (χ3n) is 4.53. The molecule has 0 aliphatic heterocycles. The lowest BCUT2D eigenvalue weighted by Crippen LogP contribution is -2.53. The van der Waals surface area contributed by atoms with Gasteiger partial charge in [-0.3, -0.25) is 25.2 Å². The van der Waals surface area contributed by atoms with E-state index in [-0.39, 0.29) is 15.8 Å². The van der Waals surface area contributed by atoms with Gasteiger partial charge in [0.15, 0.2) is 10.1 Å². The second-order valence-corrected chi connectivity index (χ2v) is 9.12. The first kappa shape index (κ1) is 20.9. The van der Waals surface area contributed by atoms with Gasteiger partial charge >= 0.3 is 11.9 Å². The first-order valence-corrected chi connectivity index (χ1v) is 9.37. The van der Waals surface area contributed by atoms with Gasteiger partial charge in [0.2, 0.25) is 5.91 Å². The number of furan rings is 1. The number of hydrogen-bond donors (Lipinski definition) is 3. The minimum Gasteiger partial charge on any atom is -0.481 e. The first-order valence-electron chi connectivity index (χ1n) is 7.10. The summed E-state index contributed by atoms with van der Waals surface area (Å²) in [4.78, 5) is 32.1. The van der Waals surface area contributed by atoms with E-state index < -0.39 is 43.7 Å². The number of nitrogens with one attached hydrogen (secondary N) is 2. The molecule has 0 saturated heterocycles. The molecule has 146 valence electrons. The molecule has 13 heteroatoms. The highest BCUT2D eigenvalue weighted by atomic mass is 35.5. The van der Waals surface area contributed by atoms with Crippen LogP contribution in [0.3, 0.4) is 0 Å². The van der Waals surface area contributed by atoms with E-state index in [1.807, 2.05) is 0 Å². The third-order valence-corrected chi connectivity index (χ3v) is 8.79. The van der Waals surface area contributed by atoms with Crippen LogP contribution in [0, 0.1) is 11.8 Å². The van der Waals surface area contributed by atoms with Crippen LogP contribution in [0.2, 0.25) is 0 Å². The molecule has 1 aromatic rings. The fourth-order valence-corrected chi connectivity index (χ4v) is 6.23. The molecule has 3 N–H and O–H groups in total. The normalized spacial score (nSPS) is 33.9. The van der Waals surface area contributed by atoms with Gasteiger partial charge in [0, 0.05) is 0 Å². The van der Waals surface area contributed by atoms with Crippen molar-refractivity contribution in [3.05, 3.63) is 34.2 Å². The van der Waals surface area contributed by atoms with Crippen LogP contribution < -0.4 is 10.9 Å². The monoisotopic (exact) mass is 494 g/mol. The number of carboxylic acids is 1. The number of carbonyl (C=O) groups excluding carboxylic acids is 2. The van der Waals surface area contributed by atoms with Crippen molar-refractivity contribution in [2.45, 2.75) is 14.1 Å². The molecule has 1 heterocycles. The van der Waals surface area contributed by atoms with Gasteiger partial charge in [0.1, 0.15) is 9.75 Å². The third kappa shape index (κ3) is 2.52. The van der Waals surface area contributed by atoms with Crippen molar-refractivity contribution >= 4 is 87.4 Å². The minimum atomic E-state index is -2.23. The summed E-state index contributed by atoms with van der Waals surface area (Å²) in [6, 6.07) is 2.80. The Bertz CT molecular complexity index is 871. The lowest BCUT2D eigenvalue weighted by molar-refractivity contribution is -0.147. The summed E-state index contributed by atoms with van der Waals surface area (Å²) >= 11 is 37.6. The van der Waals surface area contributed by atoms with Gasteiger partial charge in [-0.15, -0.1) is 23.2 Å². The van der Waals surface area contributed by atoms with Crippen LogP contribution in [-0.2, 0) is 9.59 Å². The molecular formula is C14H8Cl6N2O5. The lowest BCUT2D eigenvalue weighted by Gasteiger charge is -2.33. The Morgan fingerprint density at radius 3 is 2.04 bits per heavy atom. The first-order chi connectivity index (χ1) is 12.4. The summed E-state index contributed by atoms with van der Waals surface area (Å²) in [5.74, 6) is -6.85. The van der Waals surface area contributed by atoms with Gasteiger partial charge in [0.25, 0.3) is 0 Å². The smallest absolute Gasteiger partial charge is 0.309 e. The molecule has 7 nitrogen and oxygen atoms in total. The number of rotatable bonds is 3. The zero-order valence-corrected chi connectivity index (χ0v) is 17.3. The summed E-state index contributed by atoms with van der Waals surface area (Å²) < 4.78 is 2.64. The zero-order chi connectivity index (χ0) is 20.4. The van der Waals surface area contributed by atoms with Crippen molar-refractivity contribution in [2.75, 3.05) is 0 Å². The number of carboxylic acid groups (broad SMARTS) is 1. The second-order valence-electron chi connectivity index (χ2n) is 5.84. The quantitative estimate of drug-likeness (QED) is 0.440. The summed E-state index contributed by atoms with van der Waals surface area (Å²) in [6.45, 7) is 0. The number of aliphatic carboxylic acids is 1. The van der Waals surface area contributed by atoms with E-state index in [0.29, 0.717) is 0 Å². The maximum Gasteiger partial charge on any atom is 0.309 e. The molecule has 1 saturated carbocycles. The zero-order valence-electron chi connectivity index (χ0n) is 12.7. The summed E-state index contributed by atoms with van der Waals surface area (Å²) in [5.41, 5.74) is 4.11. The Hall–Kier alpha value is -0.830. The van der Waals surface area contributed by atoms with Gasteiger partial charge in [-0.25, -0.2) is 0 Å². The fraction of sp³-hybridized carbons (Fsp3) is 0.357. The van der Waals surface area contributed by atoms with Gasteiger partial charge in [-0.2, -0.15) is 0 Å². The molecule has 0 radical (unpaired) electrons. The van der Waals surface area contributed by atoms with Crippen LogP contribution >= 0.6 is 69.6 Å². The minimum absolute atomic E-state index is 0.0996. The van der Waals surface area contributed by atoms with Crippen LogP contribution in [-0.4, -0.2) is 37.0 Å². The molecule has 0 unspecified atom stereocenters. The van der Waals surface area contributed by atoms with E-state index in [1.54, 1.807) is 0 Å².